The van der Waals surface area contributed by atoms with E-state index in [4.69, 9.17) is 14.2 Å². The van der Waals surface area contributed by atoms with Crippen molar-refractivity contribution >= 4 is 0 Å². The van der Waals surface area contributed by atoms with Gasteiger partial charge in [-0.3, -0.25) is 0 Å². The molecule has 3 heteroatoms. The summed E-state index contributed by atoms with van der Waals surface area (Å²) >= 11 is 0. The Morgan fingerprint density at radius 3 is 2.08 bits per heavy atom. The Bertz CT molecular complexity index is 90.2. The predicted octanol–water partition coefficient (Wildman–Crippen LogP) is 2.20. The number of rotatable bonds is 9. The molecule has 0 spiro atoms. The third-order valence-corrected chi connectivity index (χ3v) is 1.60. The van der Waals surface area contributed by atoms with Gasteiger partial charge in [-0.25, -0.2) is 0 Å². The van der Waals surface area contributed by atoms with Crippen molar-refractivity contribution in [2.45, 2.75) is 39.9 Å². The standard InChI is InChI=1S/C10H22O3/c1-4-7-8-11-9-10(12-5-2)13-6-3/h10H,4-9H2,1-3H3. The van der Waals surface area contributed by atoms with Crippen LogP contribution in [0.3, 0.4) is 0 Å². The summed E-state index contributed by atoms with van der Waals surface area (Å²) in [6.45, 7) is 8.74. The Morgan fingerprint density at radius 2 is 1.62 bits per heavy atom. The van der Waals surface area contributed by atoms with E-state index >= 15 is 0 Å². The van der Waals surface area contributed by atoms with Crippen LogP contribution in [0.5, 0.6) is 0 Å². The monoisotopic (exact) mass is 190 g/mol. The van der Waals surface area contributed by atoms with Crippen LogP contribution in [0.4, 0.5) is 0 Å². The van der Waals surface area contributed by atoms with Gasteiger partial charge in [-0.2, -0.15) is 0 Å². The molecule has 0 unspecified atom stereocenters. The molecule has 0 saturated carbocycles. The van der Waals surface area contributed by atoms with E-state index in [1.165, 1.54) is 0 Å². The molecule has 13 heavy (non-hydrogen) atoms. The van der Waals surface area contributed by atoms with Crippen molar-refractivity contribution in [2.24, 2.45) is 0 Å². The molecule has 0 aromatic rings. The molecule has 3 nitrogen and oxygen atoms in total. The lowest BCUT2D eigenvalue weighted by molar-refractivity contribution is -0.167. The average Bonchev–Trinajstić information content (AvgIpc) is 2.13. The zero-order valence-electron chi connectivity index (χ0n) is 9.04. The normalized spacial score (nSPS) is 11.1. The maximum atomic E-state index is 5.39. The fourth-order valence-electron chi connectivity index (χ4n) is 0.942. The van der Waals surface area contributed by atoms with Crippen LogP contribution in [-0.2, 0) is 14.2 Å². The van der Waals surface area contributed by atoms with Crippen LogP contribution in [0.25, 0.3) is 0 Å². The van der Waals surface area contributed by atoms with Crippen LogP contribution >= 0.6 is 0 Å². The van der Waals surface area contributed by atoms with Crippen molar-refractivity contribution < 1.29 is 14.2 Å². The minimum Gasteiger partial charge on any atom is -0.376 e. The molecule has 0 amide bonds. The predicted molar refractivity (Wildman–Crippen MR) is 52.8 cm³/mol. The minimum atomic E-state index is -0.188. The number of ether oxygens (including phenoxy) is 3. The van der Waals surface area contributed by atoms with Crippen molar-refractivity contribution in [1.29, 1.82) is 0 Å². The summed E-state index contributed by atoms with van der Waals surface area (Å²) in [6.07, 6.45) is 2.07. The largest absolute Gasteiger partial charge is 0.376 e. The summed E-state index contributed by atoms with van der Waals surface area (Å²) < 4.78 is 16.0. The van der Waals surface area contributed by atoms with Gasteiger partial charge in [0.15, 0.2) is 6.29 Å². The fourth-order valence-corrected chi connectivity index (χ4v) is 0.942. The summed E-state index contributed by atoms with van der Waals surface area (Å²) in [4.78, 5) is 0. The number of unbranched alkanes of at least 4 members (excludes halogenated alkanes) is 1. The Kier molecular flexibility index (Phi) is 9.87. The second kappa shape index (κ2) is 9.96. The van der Waals surface area contributed by atoms with Gasteiger partial charge in [0.1, 0.15) is 0 Å². The van der Waals surface area contributed by atoms with Crippen LogP contribution in [0, 0.1) is 0 Å². The van der Waals surface area contributed by atoms with Crippen LogP contribution < -0.4 is 0 Å². The van der Waals surface area contributed by atoms with E-state index in [0.717, 1.165) is 19.4 Å². The molecular formula is C10H22O3. The second-order valence-electron chi connectivity index (χ2n) is 2.77. The summed E-state index contributed by atoms with van der Waals surface area (Å²) in [6, 6.07) is 0. The van der Waals surface area contributed by atoms with Gasteiger partial charge < -0.3 is 14.2 Å². The summed E-state index contributed by atoms with van der Waals surface area (Å²) in [5.74, 6) is 0. The lowest BCUT2D eigenvalue weighted by Gasteiger charge is -2.16. The highest BCUT2D eigenvalue weighted by molar-refractivity contribution is 4.41. The molecule has 0 rings (SSSR count). The number of hydrogen-bond acceptors (Lipinski definition) is 3. The Hall–Kier alpha value is -0.120. The van der Waals surface area contributed by atoms with E-state index in [0.29, 0.717) is 19.8 Å². The SMILES string of the molecule is CCCCOCC(OCC)OCC. The molecule has 0 aromatic heterocycles. The van der Waals surface area contributed by atoms with Crippen molar-refractivity contribution in [3.05, 3.63) is 0 Å². The van der Waals surface area contributed by atoms with Crippen molar-refractivity contribution in [1.82, 2.24) is 0 Å². The van der Waals surface area contributed by atoms with E-state index < -0.39 is 0 Å². The first-order valence-electron chi connectivity index (χ1n) is 5.16. The van der Waals surface area contributed by atoms with Gasteiger partial charge in [0.2, 0.25) is 0 Å². The van der Waals surface area contributed by atoms with Gasteiger partial charge in [-0.15, -0.1) is 0 Å². The van der Waals surface area contributed by atoms with Crippen LogP contribution in [0.2, 0.25) is 0 Å². The Balaban J connectivity index is 3.33. The molecule has 0 N–H and O–H groups in total. The van der Waals surface area contributed by atoms with Gasteiger partial charge in [-0.05, 0) is 20.3 Å². The molecule has 0 atom stereocenters. The first-order chi connectivity index (χ1) is 6.35. The minimum absolute atomic E-state index is 0.188. The van der Waals surface area contributed by atoms with E-state index in [1.54, 1.807) is 0 Å². The van der Waals surface area contributed by atoms with Crippen LogP contribution in [0.15, 0.2) is 0 Å². The lowest BCUT2D eigenvalue weighted by Crippen LogP contribution is -2.23. The third-order valence-electron chi connectivity index (χ3n) is 1.60. The molecule has 0 saturated heterocycles. The lowest BCUT2D eigenvalue weighted by atomic mass is 10.4. The van der Waals surface area contributed by atoms with E-state index in [2.05, 4.69) is 6.92 Å². The quantitative estimate of drug-likeness (QED) is 0.412. The molecule has 0 radical (unpaired) electrons. The van der Waals surface area contributed by atoms with E-state index in [1.807, 2.05) is 13.8 Å². The second-order valence-corrected chi connectivity index (χ2v) is 2.77. The molecule has 0 aromatic carbocycles. The molecule has 80 valence electrons. The molecule has 0 aliphatic heterocycles. The zero-order chi connectivity index (χ0) is 9.94. The maximum absolute atomic E-state index is 5.39. The van der Waals surface area contributed by atoms with Crippen molar-refractivity contribution in [2.75, 3.05) is 26.4 Å². The smallest absolute Gasteiger partial charge is 0.180 e. The zero-order valence-corrected chi connectivity index (χ0v) is 9.04. The highest BCUT2D eigenvalue weighted by Gasteiger charge is 2.06. The van der Waals surface area contributed by atoms with Crippen molar-refractivity contribution in [3.8, 4) is 0 Å². The maximum Gasteiger partial charge on any atom is 0.180 e. The van der Waals surface area contributed by atoms with Gasteiger partial charge in [-0.1, -0.05) is 13.3 Å². The van der Waals surface area contributed by atoms with Gasteiger partial charge >= 0.3 is 0 Å². The number of hydrogen-bond donors (Lipinski definition) is 0. The summed E-state index contributed by atoms with van der Waals surface area (Å²) in [5, 5.41) is 0. The summed E-state index contributed by atoms with van der Waals surface area (Å²) in [7, 11) is 0. The summed E-state index contributed by atoms with van der Waals surface area (Å²) in [5.41, 5.74) is 0. The highest BCUT2D eigenvalue weighted by Crippen LogP contribution is 1.97. The first kappa shape index (κ1) is 12.9. The van der Waals surface area contributed by atoms with Gasteiger partial charge in [0, 0.05) is 19.8 Å². The first-order valence-corrected chi connectivity index (χ1v) is 5.16. The van der Waals surface area contributed by atoms with Gasteiger partial charge in [0.25, 0.3) is 0 Å². The Morgan fingerprint density at radius 1 is 1.00 bits per heavy atom. The van der Waals surface area contributed by atoms with Gasteiger partial charge in [0.05, 0.1) is 6.61 Å². The van der Waals surface area contributed by atoms with E-state index in [9.17, 15) is 0 Å². The van der Waals surface area contributed by atoms with Crippen LogP contribution in [0.1, 0.15) is 33.6 Å². The molecule has 0 aliphatic rings. The van der Waals surface area contributed by atoms with Crippen molar-refractivity contribution in [3.63, 3.8) is 0 Å². The molecular weight excluding hydrogens is 168 g/mol. The molecule has 0 aliphatic carbocycles. The third kappa shape index (κ3) is 8.22. The molecule has 0 fully saturated rings. The average molecular weight is 190 g/mol. The highest BCUT2D eigenvalue weighted by atomic mass is 16.7. The molecule has 0 heterocycles. The Labute approximate surface area is 81.4 Å². The fraction of sp³-hybridized carbons (Fsp3) is 1.00. The topological polar surface area (TPSA) is 27.7 Å². The van der Waals surface area contributed by atoms with E-state index in [-0.39, 0.29) is 6.29 Å². The van der Waals surface area contributed by atoms with Crippen LogP contribution in [-0.4, -0.2) is 32.7 Å². The molecule has 0 bridgehead atoms.